The van der Waals surface area contributed by atoms with Gasteiger partial charge in [-0.25, -0.2) is 4.98 Å². The topological polar surface area (TPSA) is 90.3 Å². The van der Waals surface area contributed by atoms with Crippen LogP contribution in [0.5, 0.6) is 11.5 Å². The van der Waals surface area contributed by atoms with Crippen LogP contribution in [-0.2, 0) is 10.3 Å². The zero-order valence-corrected chi connectivity index (χ0v) is 15.9. The van der Waals surface area contributed by atoms with E-state index >= 15 is 0 Å². The Labute approximate surface area is 165 Å². The van der Waals surface area contributed by atoms with E-state index in [9.17, 15) is 4.79 Å². The highest BCUT2D eigenvalue weighted by molar-refractivity contribution is 7.14. The Morgan fingerprint density at radius 1 is 1.25 bits per heavy atom. The number of thiazole rings is 1. The largest absolute Gasteiger partial charge is 0.454 e. The number of nitrogens with one attached hydrogen (secondary N) is 2. The van der Waals surface area contributed by atoms with E-state index < -0.39 is 5.54 Å². The Bertz CT molecular complexity index is 995. The summed E-state index contributed by atoms with van der Waals surface area (Å²) in [6, 6.07) is 7.56. The highest BCUT2D eigenvalue weighted by atomic mass is 32.1. The van der Waals surface area contributed by atoms with Crippen molar-refractivity contribution in [2.75, 3.05) is 25.2 Å². The maximum Gasteiger partial charge on any atom is 0.254 e. The van der Waals surface area contributed by atoms with Crippen molar-refractivity contribution in [3.63, 3.8) is 0 Å². The van der Waals surface area contributed by atoms with Crippen LogP contribution in [0.1, 0.15) is 12.8 Å². The van der Waals surface area contributed by atoms with Gasteiger partial charge in [0.2, 0.25) is 6.79 Å². The van der Waals surface area contributed by atoms with Crippen LogP contribution >= 0.6 is 11.3 Å². The minimum atomic E-state index is -0.695. The molecule has 1 aromatic carbocycles. The summed E-state index contributed by atoms with van der Waals surface area (Å²) < 4.78 is 12.6. The Hall–Kier alpha value is -2.91. The van der Waals surface area contributed by atoms with Crippen molar-refractivity contribution >= 4 is 22.4 Å². The maximum atomic E-state index is 13.2. The summed E-state index contributed by atoms with van der Waals surface area (Å²) in [6.07, 6.45) is 4.92. The summed E-state index contributed by atoms with van der Waals surface area (Å²) in [5.74, 6) is 1.37. The predicted octanol–water partition coefficient (Wildman–Crippen LogP) is 2.45. The molecule has 0 atom stereocenters. The molecule has 8 nitrogen and oxygen atoms in total. The minimum Gasteiger partial charge on any atom is -0.454 e. The SMILES string of the molecule is O=C(Nc1nc(-c2ccc3c(c2)OCO3)cs1)C1(n2cccn2)CCNCC1. The number of nitrogens with zero attached hydrogens (tertiary/aromatic N) is 3. The second-order valence-corrected chi connectivity index (χ2v) is 7.65. The van der Waals surface area contributed by atoms with Crippen LogP contribution in [0.4, 0.5) is 5.13 Å². The van der Waals surface area contributed by atoms with E-state index in [4.69, 9.17) is 9.47 Å². The molecule has 1 amide bonds. The van der Waals surface area contributed by atoms with Crippen LogP contribution in [0.2, 0.25) is 0 Å². The van der Waals surface area contributed by atoms with Gasteiger partial charge in [0.05, 0.1) is 5.69 Å². The van der Waals surface area contributed by atoms with Crippen LogP contribution < -0.4 is 20.1 Å². The highest BCUT2D eigenvalue weighted by Gasteiger charge is 2.42. The molecule has 0 spiro atoms. The second-order valence-electron chi connectivity index (χ2n) is 6.79. The molecule has 9 heteroatoms. The first-order chi connectivity index (χ1) is 13.7. The lowest BCUT2D eigenvalue weighted by Gasteiger charge is -2.36. The molecule has 3 aromatic rings. The number of rotatable bonds is 4. The average molecular weight is 397 g/mol. The van der Waals surface area contributed by atoms with Gasteiger partial charge in [0.15, 0.2) is 16.6 Å². The third kappa shape index (κ3) is 2.92. The van der Waals surface area contributed by atoms with Gasteiger partial charge in [0, 0.05) is 23.3 Å². The molecule has 0 radical (unpaired) electrons. The van der Waals surface area contributed by atoms with Gasteiger partial charge in [-0.1, -0.05) is 0 Å². The Kier molecular flexibility index (Phi) is 4.25. The van der Waals surface area contributed by atoms with E-state index in [1.807, 2.05) is 35.8 Å². The standard InChI is InChI=1S/C19H19N5O3S/c25-17(19(4-7-20-8-5-19)24-9-1-6-21-24)23-18-22-14(11-28-18)13-2-3-15-16(10-13)27-12-26-15/h1-3,6,9-11,20H,4-5,7-8,12H2,(H,22,23,25). The number of piperidine rings is 1. The van der Waals surface area contributed by atoms with Crippen LogP contribution in [0, 0.1) is 0 Å². The van der Waals surface area contributed by atoms with Crippen LogP contribution in [0.15, 0.2) is 42.0 Å². The van der Waals surface area contributed by atoms with Gasteiger partial charge >= 0.3 is 0 Å². The molecule has 1 saturated heterocycles. The van der Waals surface area contributed by atoms with Crippen molar-refractivity contribution < 1.29 is 14.3 Å². The summed E-state index contributed by atoms with van der Waals surface area (Å²) in [4.78, 5) is 17.8. The van der Waals surface area contributed by atoms with E-state index in [0.29, 0.717) is 23.7 Å². The number of carbonyl (C=O) groups is 1. The first-order valence-electron chi connectivity index (χ1n) is 9.12. The molecule has 2 aromatic heterocycles. The zero-order valence-electron chi connectivity index (χ0n) is 15.1. The third-order valence-corrected chi connectivity index (χ3v) is 5.95. The van der Waals surface area contributed by atoms with Gasteiger partial charge in [-0.3, -0.25) is 14.8 Å². The second kappa shape index (κ2) is 6.92. The van der Waals surface area contributed by atoms with Crippen molar-refractivity contribution in [2.24, 2.45) is 0 Å². The third-order valence-electron chi connectivity index (χ3n) is 5.19. The number of benzene rings is 1. The molecule has 0 saturated carbocycles. The molecule has 1 fully saturated rings. The fourth-order valence-electron chi connectivity index (χ4n) is 3.66. The number of carbonyl (C=O) groups excluding carboxylic acids is 1. The summed E-state index contributed by atoms with van der Waals surface area (Å²) >= 11 is 1.41. The normalized spacial score (nSPS) is 17.4. The summed E-state index contributed by atoms with van der Waals surface area (Å²) in [7, 11) is 0. The fraction of sp³-hybridized carbons (Fsp3) is 0.316. The lowest BCUT2D eigenvalue weighted by Crippen LogP contribution is -2.52. The molecular formula is C19H19N5O3S. The molecule has 0 bridgehead atoms. The van der Waals surface area contributed by atoms with Gasteiger partial charge in [-0.15, -0.1) is 11.3 Å². The minimum absolute atomic E-state index is 0.0794. The number of hydrogen-bond acceptors (Lipinski definition) is 7. The summed E-state index contributed by atoms with van der Waals surface area (Å²) in [5, 5.41) is 13.2. The van der Waals surface area contributed by atoms with Crippen molar-refractivity contribution in [3.8, 4) is 22.8 Å². The molecule has 144 valence electrons. The first kappa shape index (κ1) is 17.2. The van der Waals surface area contributed by atoms with E-state index in [-0.39, 0.29) is 12.7 Å². The number of fused-ring (bicyclic) bond motifs is 1. The van der Waals surface area contributed by atoms with Gasteiger partial charge in [-0.05, 0) is 50.2 Å². The predicted molar refractivity (Wildman–Crippen MR) is 105 cm³/mol. The van der Waals surface area contributed by atoms with Crippen molar-refractivity contribution in [2.45, 2.75) is 18.4 Å². The highest BCUT2D eigenvalue weighted by Crippen LogP contribution is 2.37. The average Bonchev–Trinajstić information content (AvgIpc) is 3.49. The molecule has 0 aliphatic carbocycles. The van der Waals surface area contributed by atoms with Gasteiger partial charge < -0.3 is 14.8 Å². The van der Waals surface area contributed by atoms with Crippen LogP contribution in [-0.4, -0.2) is 40.6 Å². The van der Waals surface area contributed by atoms with Crippen molar-refractivity contribution in [3.05, 3.63) is 42.0 Å². The molecular weight excluding hydrogens is 378 g/mol. The quantitative estimate of drug-likeness (QED) is 0.703. The summed E-state index contributed by atoms with van der Waals surface area (Å²) in [5.41, 5.74) is 1.01. The molecule has 4 heterocycles. The number of aromatic nitrogens is 3. The Morgan fingerprint density at radius 3 is 2.93 bits per heavy atom. The number of hydrogen-bond donors (Lipinski definition) is 2. The number of anilines is 1. The molecule has 2 aliphatic rings. The molecule has 5 rings (SSSR count). The lowest BCUT2D eigenvalue weighted by atomic mass is 9.87. The molecule has 2 N–H and O–H groups in total. The maximum absolute atomic E-state index is 13.2. The van der Waals surface area contributed by atoms with Crippen molar-refractivity contribution in [1.29, 1.82) is 0 Å². The van der Waals surface area contributed by atoms with Crippen LogP contribution in [0.3, 0.4) is 0 Å². The fourth-order valence-corrected chi connectivity index (χ4v) is 4.37. The Morgan fingerprint density at radius 2 is 2.11 bits per heavy atom. The zero-order chi connectivity index (χ0) is 19.0. The van der Waals surface area contributed by atoms with Crippen molar-refractivity contribution in [1.82, 2.24) is 20.1 Å². The molecule has 2 aliphatic heterocycles. The number of ether oxygens (including phenoxy) is 2. The first-order valence-corrected chi connectivity index (χ1v) is 10.0. The molecule has 28 heavy (non-hydrogen) atoms. The van der Waals surface area contributed by atoms with E-state index in [2.05, 4.69) is 20.7 Å². The van der Waals surface area contributed by atoms with Gasteiger partial charge in [-0.2, -0.15) is 5.10 Å². The monoisotopic (exact) mass is 397 g/mol. The van der Waals surface area contributed by atoms with Gasteiger partial charge in [0.25, 0.3) is 5.91 Å². The lowest BCUT2D eigenvalue weighted by molar-refractivity contribution is -0.126. The van der Waals surface area contributed by atoms with Crippen LogP contribution in [0.25, 0.3) is 11.3 Å². The molecule has 0 unspecified atom stereocenters. The summed E-state index contributed by atoms with van der Waals surface area (Å²) in [6.45, 7) is 1.78. The number of amides is 1. The Balaban J connectivity index is 1.38. The van der Waals surface area contributed by atoms with Gasteiger partial charge in [0.1, 0.15) is 5.54 Å². The van der Waals surface area contributed by atoms with E-state index in [0.717, 1.165) is 30.1 Å². The van der Waals surface area contributed by atoms with E-state index in [1.54, 1.807) is 10.9 Å². The smallest absolute Gasteiger partial charge is 0.254 e. The van der Waals surface area contributed by atoms with E-state index in [1.165, 1.54) is 11.3 Å².